The van der Waals surface area contributed by atoms with Gasteiger partial charge in [-0.25, -0.2) is 9.78 Å². The fourth-order valence-electron chi connectivity index (χ4n) is 3.26. The van der Waals surface area contributed by atoms with Gasteiger partial charge in [-0.05, 0) is 12.1 Å². The van der Waals surface area contributed by atoms with Crippen LogP contribution in [0.1, 0.15) is 0 Å². The molecule has 2 saturated heterocycles. The quantitative estimate of drug-likeness (QED) is 0.834. The molecule has 7 nitrogen and oxygen atoms in total. The van der Waals surface area contributed by atoms with Gasteiger partial charge in [-0.3, -0.25) is 4.98 Å². The van der Waals surface area contributed by atoms with Crippen LogP contribution >= 0.6 is 0 Å². The predicted molar refractivity (Wildman–Crippen MR) is 95.3 cm³/mol. The number of carboxylic acid groups (broad SMARTS) is 1. The van der Waals surface area contributed by atoms with Crippen molar-refractivity contribution in [2.24, 2.45) is 0 Å². The molecule has 0 unspecified atom stereocenters. The Morgan fingerprint density at radius 1 is 1.18 bits per heavy atom. The Labute approximate surface area is 159 Å². The summed E-state index contributed by atoms with van der Waals surface area (Å²) in [6.07, 6.45) is 0.463. The standard InChI is InChI=1S/C16H18N4O.C2HF3O2/c1-2-4-13(5-3-1)19-11-14-15(12-19)21-9-8-20(14)16-10-17-6-7-18-16;3-2(4,5)1(6)7/h1-7,10,14-15H,8-9,11-12H2;(H,6,7)/t14-,15+;/m1./s1. The molecule has 2 aromatic rings. The van der Waals surface area contributed by atoms with Gasteiger partial charge in [0.05, 0.1) is 24.9 Å². The summed E-state index contributed by atoms with van der Waals surface area (Å²) < 4.78 is 37.7. The van der Waals surface area contributed by atoms with Crippen molar-refractivity contribution in [2.45, 2.75) is 18.3 Å². The normalized spacial score (nSPS) is 21.5. The zero-order valence-electron chi connectivity index (χ0n) is 14.8. The highest BCUT2D eigenvalue weighted by molar-refractivity contribution is 5.73. The monoisotopic (exact) mass is 396 g/mol. The first-order chi connectivity index (χ1) is 13.4. The molecule has 2 fully saturated rings. The van der Waals surface area contributed by atoms with Gasteiger partial charge in [0.1, 0.15) is 5.82 Å². The number of alkyl halides is 3. The lowest BCUT2D eigenvalue weighted by molar-refractivity contribution is -0.192. The molecule has 3 heterocycles. The fourth-order valence-corrected chi connectivity index (χ4v) is 3.26. The van der Waals surface area contributed by atoms with Crippen LogP contribution in [-0.2, 0) is 9.53 Å². The molecule has 28 heavy (non-hydrogen) atoms. The molecule has 0 amide bonds. The Morgan fingerprint density at radius 2 is 1.89 bits per heavy atom. The number of hydrogen-bond donors (Lipinski definition) is 1. The summed E-state index contributed by atoms with van der Waals surface area (Å²) in [6.45, 7) is 3.53. The van der Waals surface area contributed by atoms with Crippen LogP contribution in [0.3, 0.4) is 0 Å². The number of morpholine rings is 1. The molecule has 0 bridgehead atoms. The van der Waals surface area contributed by atoms with E-state index in [1.54, 1.807) is 12.4 Å². The number of nitrogens with zero attached hydrogens (tertiary/aromatic N) is 4. The fraction of sp³-hybridized carbons (Fsp3) is 0.389. The molecule has 150 valence electrons. The van der Waals surface area contributed by atoms with Crippen LogP contribution in [0.4, 0.5) is 24.7 Å². The highest BCUT2D eigenvalue weighted by Gasteiger charge is 2.41. The number of aromatic nitrogens is 2. The minimum absolute atomic E-state index is 0.237. The Bertz CT molecular complexity index is 777. The number of rotatable bonds is 2. The lowest BCUT2D eigenvalue weighted by Crippen LogP contribution is -2.51. The lowest BCUT2D eigenvalue weighted by atomic mass is 10.1. The van der Waals surface area contributed by atoms with Crippen LogP contribution in [0, 0.1) is 0 Å². The van der Waals surface area contributed by atoms with Crippen LogP contribution in [0.2, 0.25) is 0 Å². The third-order valence-electron chi connectivity index (χ3n) is 4.51. The SMILES string of the molecule is O=C(O)C(F)(F)F.c1ccc(N2C[C@@H]3OCCN(c4cnccn4)[C@@H]3C2)cc1. The zero-order valence-corrected chi connectivity index (χ0v) is 14.8. The van der Waals surface area contributed by atoms with Gasteiger partial charge in [0.2, 0.25) is 0 Å². The third kappa shape index (κ3) is 4.69. The van der Waals surface area contributed by atoms with Crippen LogP contribution in [0.25, 0.3) is 0 Å². The largest absolute Gasteiger partial charge is 0.490 e. The van der Waals surface area contributed by atoms with Crippen molar-refractivity contribution in [3.8, 4) is 0 Å². The Balaban J connectivity index is 0.000000279. The van der Waals surface area contributed by atoms with Gasteiger partial charge in [-0.1, -0.05) is 18.2 Å². The number of benzene rings is 1. The summed E-state index contributed by atoms with van der Waals surface area (Å²) in [5, 5.41) is 7.12. The van der Waals surface area contributed by atoms with Gasteiger partial charge in [0.25, 0.3) is 0 Å². The molecule has 2 aliphatic heterocycles. The third-order valence-corrected chi connectivity index (χ3v) is 4.51. The van der Waals surface area contributed by atoms with Crippen molar-refractivity contribution < 1.29 is 27.8 Å². The Kier molecular flexibility index (Phi) is 5.98. The summed E-state index contributed by atoms with van der Waals surface area (Å²) in [7, 11) is 0. The second-order valence-corrected chi connectivity index (χ2v) is 6.28. The van der Waals surface area contributed by atoms with Crippen molar-refractivity contribution in [2.75, 3.05) is 36.0 Å². The van der Waals surface area contributed by atoms with Gasteiger partial charge < -0.3 is 19.6 Å². The van der Waals surface area contributed by atoms with Gasteiger partial charge >= 0.3 is 12.1 Å². The number of hydrogen-bond acceptors (Lipinski definition) is 6. The van der Waals surface area contributed by atoms with E-state index >= 15 is 0 Å². The van der Waals surface area contributed by atoms with Crippen LogP contribution in [-0.4, -0.2) is 65.6 Å². The van der Waals surface area contributed by atoms with E-state index in [0.717, 1.165) is 32.1 Å². The highest BCUT2D eigenvalue weighted by Crippen LogP contribution is 2.29. The Morgan fingerprint density at radius 3 is 2.50 bits per heavy atom. The first-order valence-corrected chi connectivity index (χ1v) is 8.60. The molecular formula is C18H19F3N4O3. The number of para-hydroxylation sites is 1. The van der Waals surface area contributed by atoms with Crippen molar-refractivity contribution in [3.63, 3.8) is 0 Å². The van der Waals surface area contributed by atoms with E-state index in [1.165, 1.54) is 5.69 Å². The molecule has 2 aliphatic rings. The summed E-state index contributed by atoms with van der Waals surface area (Å²) in [4.78, 5) is 22.3. The number of anilines is 2. The number of ether oxygens (including phenoxy) is 1. The summed E-state index contributed by atoms with van der Waals surface area (Å²) in [5.74, 6) is -1.81. The average Bonchev–Trinajstić information content (AvgIpc) is 3.13. The highest BCUT2D eigenvalue weighted by atomic mass is 19.4. The van der Waals surface area contributed by atoms with Gasteiger partial charge in [-0.15, -0.1) is 0 Å². The van der Waals surface area contributed by atoms with E-state index in [2.05, 4.69) is 50.1 Å². The van der Waals surface area contributed by atoms with E-state index < -0.39 is 12.1 Å². The van der Waals surface area contributed by atoms with E-state index in [4.69, 9.17) is 14.6 Å². The first-order valence-electron chi connectivity index (χ1n) is 8.60. The molecule has 0 saturated carbocycles. The number of fused-ring (bicyclic) bond motifs is 1. The van der Waals surface area contributed by atoms with Gasteiger partial charge in [0.15, 0.2) is 0 Å². The van der Waals surface area contributed by atoms with Gasteiger partial charge in [-0.2, -0.15) is 13.2 Å². The van der Waals surface area contributed by atoms with E-state index in [1.807, 2.05) is 6.20 Å². The maximum absolute atomic E-state index is 10.6. The smallest absolute Gasteiger partial charge is 0.475 e. The minimum atomic E-state index is -5.08. The maximum atomic E-state index is 10.6. The number of carbonyl (C=O) groups is 1. The molecule has 1 aromatic carbocycles. The molecule has 10 heteroatoms. The Hall–Kier alpha value is -2.88. The number of carboxylic acids is 1. The van der Waals surface area contributed by atoms with Crippen molar-refractivity contribution in [3.05, 3.63) is 48.9 Å². The van der Waals surface area contributed by atoms with Gasteiger partial charge in [0, 0.05) is 37.7 Å². The van der Waals surface area contributed by atoms with Crippen LogP contribution in [0.5, 0.6) is 0 Å². The van der Waals surface area contributed by atoms with E-state index in [9.17, 15) is 13.2 Å². The second-order valence-electron chi connectivity index (χ2n) is 6.28. The predicted octanol–water partition coefficient (Wildman–Crippen LogP) is 2.20. The molecule has 1 aromatic heterocycles. The molecule has 1 N–H and O–H groups in total. The average molecular weight is 396 g/mol. The molecule has 2 atom stereocenters. The molecule has 0 radical (unpaired) electrons. The second kappa shape index (κ2) is 8.42. The summed E-state index contributed by atoms with van der Waals surface area (Å²) in [5.41, 5.74) is 1.26. The topological polar surface area (TPSA) is 78.8 Å². The first kappa shape index (κ1) is 19.9. The summed E-state index contributed by atoms with van der Waals surface area (Å²) >= 11 is 0. The zero-order chi connectivity index (χ0) is 20.1. The van der Waals surface area contributed by atoms with E-state index in [-0.39, 0.29) is 6.10 Å². The molecule has 0 aliphatic carbocycles. The molecule has 0 spiro atoms. The number of halogens is 3. The van der Waals surface area contributed by atoms with Crippen molar-refractivity contribution in [1.82, 2.24) is 9.97 Å². The van der Waals surface area contributed by atoms with Crippen molar-refractivity contribution in [1.29, 1.82) is 0 Å². The van der Waals surface area contributed by atoms with E-state index in [0.29, 0.717) is 6.04 Å². The van der Waals surface area contributed by atoms with Crippen LogP contribution < -0.4 is 9.80 Å². The summed E-state index contributed by atoms with van der Waals surface area (Å²) in [6, 6.07) is 10.9. The minimum Gasteiger partial charge on any atom is -0.475 e. The maximum Gasteiger partial charge on any atom is 0.490 e. The number of aliphatic carboxylic acids is 1. The van der Waals surface area contributed by atoms with Crippen molar-refractivity contribution >= 4 is 17.5 Å². The molecular weight excluding hydrogens is 377 g/mol. The lowest BCUT2D eigenvalue weighted by Gasteiger charge is -2.37. The van der Waals surface area contributed by atoms with Crippen LogP contribution in [0.15, 0.2) is 48.9 Å². The molecule has 4 rings (SSSR count).